The van der Waals surface area contributed by atoms with Crippen molar-refractivity contribution in [3.8, 4) is 5.75 Å². The molecule has 0 atom stereocenters. The molecule has 0 radical (unpaired) electrons. The summed E-state index contributed by atoms with van der Waals surface area (Å²) in [6.07, 6.45) is 0. The van der Waals surface area contributed by atoms with Crippen molar-refractivity contribution in [2.75, 3.05) is 6.61 Å². The van der Waals surface area contributed by atoms with Crippen LogP contribution in [0.5, 0.6) is 5.75 Å². The lowest BCUT2D eigenvalue weighted by molar-refractivity contribution is -0.123. The molecule has 0 bridgehead atoms. The minimum absolute atomic E-state index is 0.129. The van der Waals surface area contributed by atoms with Crippen LogP contribution in [0.15, 0.2) is 40.2 Å². The highest BCUT2D eigenvalue weighted by Gasteiger charge is 2.04. The summed E-state index contributed by atoms with van der Waals surface area (Å²) >= 11 is 4.90. The standard InChI is InChI=1S/C13H11BrFNO2S/c14-9-4-12(19-8-9)6-16-13(17)7-18-11-3-1-2-10(15)5-11/h1-5,8H,6-7H2,(H,16,17). The molecule has 3 nitrogen and oxygen atoms in total. The molecule has 0 aliphatic rings. The molecule has 1 aromatic carbocycles. The van der Waals surface area contributed by atoms with E-state index in [0.717, 1.165) is 9.35 Å². The van der Waals surface area contributed by atoms with Gasteiger partial charge in [0.05, 0.1) is 6.54 Å². The molecule has 2 rings (SSSR count). The van der Waals surface area contributed by atoms with Crippen LogP contribution in [0.2, 0.25) is 0 Å². The summed E-state index contributed by atoms with van der Waals surface area (Å²) in [6, 6.07) is 7.64. The molecule has 1 heterocycles. The number of nitrogens with one attached hydrogen (secondary N) is 1. The first-order chi connectivity index (χ1) is 9.13. The Morgan fingerprint density at radius 1 is 1.42 bits per heavy atom. The molecule has 0 fully saturated rings. The van der Waals surface area contributed by atoms with Gasteiger partial charge < -0.3 is 10.1 Å². The molecule has 0 saturated heterocycles. The number of thiophene rings is 1. The second-order valence-electron chi connectivity index (χ2n) is 3.75. The van der Waals surface area contributed by atoms with E-state index in [2.05, 4.69) is 21.2 Å². The van der Waals surface area contributed by atoms with E-state index < -0.39 is 0 Å². The molecule has 19 heavy (non-hydrogen) atoms. The first-order valence-corrected chi connectivity index (χ1v) is 7.19. The zero-order valence-corrected chi connectivity index (χ0v) is 12.3. The highest BCUT2D eigenvalue weighted by atomic mass is 79.9. The lowest BCUT2D eigenvalue weighted by Crippen LogP contribution is -2.28. The summed E-state index contributed by atoms with van der Waals surface area (Å²) in [4.78, 5) is 12.6. The maximum absolute atomic E-state index is 12.9. The average Bonchev–Trinajstić information content (AvgIpc) is 2.80. The summed E-state index contributed by atoms with van der Waals surface area (Å²) in [5.74, 6) is -0.288. The van der Waals surface area contributed by atoms with Gasteiger partial charge in [-0.25, -0.2) is 4.39 Å². The minimum Gasteiger partial charge on any atom is -0.484 e. The molecule has 1 amide bonds. The van der Waals surface area contributed by atoms with E-state index in [9.17, 15) is 9.18 Å². The van der Waals surface area contributed by atoms with Gasteiger partial charge in [-0.3, -0.25) is 4.79 Å². The van der Waals surface area contributed by atoms with Crippen LogP contribution in [0.3, 0.4) is 0 Å². The van der Waals surface area contributed by atoms with Crippen molar-refractivity contribution in [2.45, 2.75) is 6.54 Å². The molecule has 100 valence electrons. The van der Waals surface area contributed by atoms with Crippen LogP contribution in [0, 0.1) is 5.82 Å². The summed E-state index contributed by atoms with van der Waals surface area (Å²) in [6.45, 7) is 0.331. The Labute approximate surface area is 122 Å². The van der Waals surface area contributed by atoms with Crippen LogP contribution in [-0.2, 0) is 11.3 Å². The molecule has 0 spiro atoms. The third-order valence-electron chi connectivity index (χ3n) is 2.25. The molecule has 2 aromatic rings. The number of hydrogen-bond acceptors (Lipinski definition) is 3. The first-order valence-electron chi connectivity index (χ1n) is 5.51. The summed E-state index contributed by atoms with van der Waals surface area (Å²) in [7, 11) is 0. The van der Waals surface area contributed by atoms with Gasteiger partial charge in [0.25, 0.3) is 5.91 Å². The molecule has 1 N–H and O–H groups in total. The van der Waals surface area contributed by atoms with Gasteiger partial charge in [-0.1, -0.05) is 6.07 Å². The Kier molecular flexibility index (Phi) is 4.93. The van der Waals surface area contributed by atoms with Crippen LogP contribution >= 0.6 is 27.3 Å². The van der Waals surface area contributed by atoms with Crippen LogP contribution < -0.4 is 10.1 Å². The van der Waals surface area contributed by atoms with Gasteiger partial charge in [0.1, 0.15) is 11.6 Å². The number of ether oxygens (including phenoxy) is 1. The van der Waals surface area contributed by atoms with Crippen LogP contribution in [-0.4, -0.2) is 12.5 Å². The third kappa shape index (κ3) is 4.65. The van der Waals surface area contributed by atoms with Crippen molar-refractivity contribution < 1.29 is 13.9 Å². The lowest BCUT2D eigenvalue weighted by atomic mass is 10.3. The highest BCUT2D eigenvalue weighted by molar-refractivity contribution is 9.10. The molecule has 0 aliphatic carbocycles. The van der Waals surface area contributed by atoms with Gasteiger partial charge in [-0.2, -0.15) is 0 Å². The fourth-order valence-electron chi connectivity index (χ4n) is 1.39. The van der Waals surface area contributed by atoms with Crippen molar-refractivity contribution >= 4 is 33.2 Å². The number of carbonyl (C=O) groups excluding carboxylic acids is 1. The number of halogens is 2. The van der Waals surface area contributed by atoms with E-state index in [1.807, 2.05) is 11.4 Å². The molecule has 0 unspecified atom stereocenters. The monoisotopic (exact) mass is 343 g/mol. The summed E-state index contributed by atoms with van der Waals surface area (Å²) in [5.41, 5.74) is 0. The normalized spacial score (nSPS) is 10.2. The molecular weight excluding hydrogens is 333 g/mol. The molecule has 6 heteroatoms. The number of rotatable bonds is 5. The summed E-state index contributed by atoms with van der Waals surface area (Å²) in [5, 5.41) is 4.68. The van der Waals surface area contributed by atoms with Crippen molar-refractivity contribution in [1.29, 1.82) is 0 Å². The lowest BCUT2D eigenvalue weighted by Gasteiger charge is -2.06. The molecular formula is C13H11BrFNO2S. The third-order valence-corrected chi connectivity index (χ3v) is 3.95. The highest BCUT2D eigenvalue weighted by Crippen LogP contribution is 2.19. The van der Waals surface area contributed by atoms with Gasteiger partial charge in [0, 0.05) is 20.8 Å². The Morgan fingerprint density at radius 2 is 2.26 bits per heavy atom. The van der Waals surface area contributed by atoms with Gasteiger partial charge in [0.15, 0.2) is 6.61 Å². The van der Waals surface area contributed by atoms with Crippen molar-refractivity contribution in [3.05, 3.63) is 50.9 Å². The van der Waals surface area contributed by atoms with E-state index in [4.69, 9.17) is 4.74 Å². The average molecular weight is 344 g/mol. The fraction of sp³-hybridized carbons (Fsp3) is 0.154. The number of carbonyl (C=O) groups is 1. The van der Waals surface area contributed by atoms with E-state index in [-0.39, 0.29) is 18.3 Å². The second kappa shape index (κ2) is 6.68. The van der Waals surface area contributed by atoms with Gasteiger partial charge in [-0.05, 0) is 34.1 Å². The number of benzene rings is 1. The quantitative estimate of drug-likeness (QED) is 0.904. The Morgan fingerprint density at radius 3 is 2.95 bits per heavy atom. The Bertz CT molecular complexity index is 573. The first kappa shape index (κ1) is 14.0. The van der Waals surface area contributed by atoms with Crippen molar-refractivity contribution in [2.24, 2.45) is 0 Å². The van der Waals surface area contributed by atoms with E-state index in [1.165, 1.54) is 18.2 Å². The molecule has 0 aliphatic heterocycles. The Balaban J connectivity index is 1.75. The molecule has 0 saturated carbocycles. The van der Waals surface area contributed by atoms with Crippen molar-refractivity contribution in [1.82, 2.24) is 5.32 Å². The fourth-order valence-corrected chi connectivity index (χ4v) is 2.78. The number of hydrogen-bond donors (Lipinski definition) is 1. The van der Waals surface area contributed by atoms with E-state index in [1.54, 1.807) is 17.4 Å². The maximum Gasteiger partial charge on any atom is 0.258 e. The number of amides is 1. The minimum atomic E-state index is -0.388. The van der Waals surface area contributed by atoms with E-state index >= 15 is 0 Å². The zero-order valence-electron chi connectivity index (χ0n) is 9.86. The van der Waals surface area contributed by atoms with Gasteiger partial charge >= 0.3 is 0 Å². The molecule has 1 aromatic heterocycles. The largest absolute Gasteiger partial charge is 0.484 e. The SMILES string of the molecule is O=C(COc1cccc(F)c1)NCc1cc(Br)cs1. The van der Waals surface area contributed by atoms with Crippen LogP contribution in [0.4, 0.5) is 4.39 Å². The van der Waals surface area contributed by atoms with Gasteiger partial charge in [-0.15, -0.1) is 11.3 Å². The van der Waals surface area contributed by atoms with Crippen LogP contribution in [0.1, 0.15) is 4.88 Å². The topological polar surface area (TPSA) is 38.3 Å². The predicted molar refractivity (Wildman–Crippen MR) is 75.8 cm³/mol. The zero-order chi connectivity index (χ0) is 13.7. The van der Waals surface area contributed by atoms with E-state index in [0.29, 0.717) is 12.3 Å². The maximum atomic E-state index is 12.9. The smallest absolute Gasteiger partial charge is 0.258 e. The summed E-state index contributed by atoms with van der Waals surface area (Å²) < 4.78 is 19.1. The predicted octanol–water partition coefficient (Wildman–Crippen LogP) is 3.34. The van der Waals surface area contributed by atoms with Crippen LogP contribution in [0.25, 0.3) is 0 Å². The Hall–Kier alpha value is -1.40. The van der Waals surface area contributed by atoms with Crippen molar-refractivity contribution in [3.63, 3.8) is 0 Å². The second-order valence-corrected chi connectivity index (χ2v) is 5.67. The van der Waals surface area contributed by atoms with Gasteiger partial charge in [0.2, 0.25) is 0 Å².